The van der Waals surface area contributed by atoms with Crippen molar-refractivity contribution in [2.24, 2.45) is 5.41 Å². The molecule has 0 fully saturated rings. The Morgan fingerprint density at radius 3 is 2.44 bits per heavy atom. The van der Waals surface area contributed by atoms with Crippen LogP contribution in [0, 0.1) is 5.41 Å². The lowest BCUT2D eigenvalue weighted by Gasteiger charge is -2.38. The molecule has 5 rings (SSSR count). The Morgan fingerprint density at radius 1 is 1.02 bits per heavy atom. The van der Waals surface area contributed by atoms with Crippen LogP contribution in [-0.2, 0) is 20.7 Å². The number of nitrogens with zero attached hydrogens (tertiary/aromatic N) is 1. The van der Waals surface area contributed by atoms with E-state index in [4.69, 9.17) is 4.74 Å². The van der Waals surface area contributed by atoms with E-state index in [1.807, 2.05) is 53.4 Å². The van der Waals surface area contributed by atoms with Crippen LogP contribution in [0.5, 0.6) is 5.75 Å². The van der Waals surface area contributed by atoms with Gasteiger partial charge in [0.2, 0.25) is 5.91 Å². The second-order valence-corrected chi connectivity index (χ2v) is 11.4. The number of ketones is 1. The smallest absolute Gasteiger partial charge is 0.337 e. The Kier molecular flexibility index (Phi) is 7.83. The van der Waals surface area contributed by atoms with Gasteiger partial charge in [-0.05, 0) is 65.8 Å². The highest BCUT2D eigenvalue weighted by Crippen LogP contribution is 2.48. The molecular formula is C33H35N3O5. The molecule has 0 saturated heterocycles. The highest BCUT2D eigenvalue weighted by molar-refractivity contribution is 6.02. The van der Waals surface area contributed by atoms with Crippen molar-refractivity contribution in [2.45, 2.75) is 39.2 Å². The number of allylic oxidation sites excluding steroid dienone is 1. The third-order valence-electron chi connectivity index (χ3n) is 7.64. The summed E-state index contributed by atoms with van der Waals surface area (Å²) in [6.45, 7) is 4.63. The number of aromatic hydroxyl groups is 1. The zero-order valence-electron chi connectivity index (χ0n) is 23.6. The average molecular weight is 554 g/mol. The number of nitrogens with one attached hydrogen (secondary N) is 2. The fraction of sp³-hybridized carbons (Fsp3) is 0.303. The lowest BCUT2D eigenvalue weighted by molar-refractivity contribution is -0.120. The summed E-state index contributed by atoms with van der Waals surface area (Å²) in [4.78, 5) is 41.3. The highest BCUT2D eigenvalue weighted by Gasteiger charge is 2.41. The van der Waals surface area contributed by atoms with E-state index in [9.17, 15) is 19.5 Å². The Morgan fingerprint density at radius 2 is 1.73 bits per heavy atom. The van der Waals surface area contributed by atoms with Crippen LogP contribution in [0.3, 0.4) is 0 Å². The summed E-state index contributed by atoms with van der Waals surface area (Å²) in [6, 6.07) is 21.2. The van der Waals surface area contributed by atoms with Gasteiger partial charge in [0.1, 0.15) is 5.75 Å². The number of fused-ring (bicyclic) bond motifs is 1. The molecular weight excluding hydrogens is 518 g/mol. The molecule has 0 aromatic heterocycles. The molecule has 0 bridgehead atoms. The number of rotatable bonds is 7. The summed E-state index contributed by atoms with van der Waals surface area (Å²) in [7, 11) is 1.34. The number of hydrogen-bond donors (Lipinski definition) is 3. The zero-order valence-corrected chi connectivity index (χ0v) is 23.6. The molecule has 3 aromatic rings. The van der Waals surface area contributed by atoms with Gasteiger partial charge in [-0.3, -0.25) is 9.59 Å². The molecule has 0 radical (unpaired) electrons. The molecule has 1 aliphatic carbocycles. The number of anilines is 2. The third-order valence-corrected chi connectivity index (χ3v) is 7.64. The maximum Gasteiger partial charge on any atom is 0.337 e. The quantitative estimate of drug-likeness (QED) is 0.347. The zero-order chi connectivity index (χ0) is 29.1. The third kappa shape index (κ3) is 6.11. The number of ether oxygens (including phenoxy) is 1. The first kappa shape index (κ1) is 28.0. The van der Waals surface area contributed by atoms with Gasteiger partial charge >= 0.3 is 5.97 Å². The number of amides is 1. The summed E-state index contributed by atoms with van der Waals surface area (Å²) >= 11 is 0. The number of phenolic OH excluding ortho intramolecular Hbond substituents is 1. The van der Waals surface area contributed by atoms with Gasteiger partial charge in [0.25, 0.3) is 0 Å². The molecule has 0 saturated carbocycles. The van der Waals surface area contributed by atoms with Crippen molar-refractivity contribution in [1.29, 1.82) is 0 Å². The van der Waals surface area contributed by atoms with Gasteiger partial charge in [-0.15, -0.1) is 0 Å². The Balaban J connectivity index is 1.51. The molecule has 3 aromatic carbocycles. The van der Waals surface area contributed by atoms with E-state index in [2.05, 4.69) is 24.5 Å². The summed E-state index contributed by atoms with van der Waals surface area (Å²) in [5.74, 6) is -0.380. The molecule has 1 aliphatic heterocycles. The van der Waals surface area contributed by atoms with Crippen molar-refractivity contribution in [2.75, 3.05) is 30.4 Å². The van der Waals surface area contributed by atoms with Crippen LogP contribution < -0.4 is 15.5 Å². The lowest BCUT2D eigenvalue weighted by atomic mass is 9.73. The van der Waals surface area contributed by atoms with Crippen LogP contribution in [0.1, 0.15) is 54.2 Å². The molecule has 1 atom stereocenters. The van der Waals surface area contributed by atoms with Gasteiger partial charge in [-0.1, -0.05) is 50.2 Å². The van der Waals surface area contributed by atoms with E-state index < -0.39 is 12.0 Å². The minimum Gasteiger partial charge on any atom is -0.508 e. The number of para-hydroxylation sites is 2. The van der Waals surface area contributed by atoms with Gasteiger partial charge < -0.3 is 25.4 Å². The topological polar surface area (TPSA) is 108 Å². The van der Waals surface area contributed by atoms with Crippen molar-refractivity contribution in [1.82, 2.24) is 5.32 Å². The first-order valence-corrected chi connectivity index (χ1v) is 13.8. The van der Waals surface area contributed by atoms with Gasteiger partial charge in [-0.25, -0.2) is 4.79 Å². The fourth-order valence-corrected chi connectivity index (χ4v) is 5.71. The normalized spacial score (nSPS) is 17.6. The van der Waals surface area contributed by atoms with E-state index in [-0.39, 0.29) is 29.4 Å². The number of hydrogen-bond acceptors (Lipinski definition) is 7. The number of esters is 1. The van der Waals surface area contributed by atoms with Crippen LogP contribution in [0.15, 0.2) is 84.1 Å². The molecule has 41 heavy (non-hydrogen) atoms. The molecule has 212 valence electrons. The molecule has 3 N–H and O–H groups in total. The first-order valence-electron chi connectivity index (χ1n) is 13.8. The van der Waals surface area contributed by atoms with Gasteiger partial charge in [0.05, 0.1) is 36.6 Å². The molecule has 8 heteroatoms. The Hall–Kier alpha value is -4.59. The molecule has 8 nitrogen and oxygen atoms in total. The number of Topliss-reactive ketones (excluding diaryl/α,β-unsaturated/α-hetero) is 1. The molecule has 1 heterocycles. The number of methoxy groups -OCH3 is 1. The molecule has 1 unspecified atom stereocenters. The van der Waals surface area contributed by atoms with Crippen LogP contribution in [0.25, 0.3) is 0 Å². The lowest BCUT2D eigenvalue weighted by Crippen LogP contribution is -2.42. The molecule has 1 amide bonds. The SMILES string of the molecule is COC(=O)c1ccc(C2C3=C(CC(C)(C)CC3=O)Nc3ccccc3N2CC(=O)NCCc2ccc(O)cc2)cc1. The summed E-state index contributed by atoms with van der Waals surface area (Å²) in [5.41, 5.74) is 5.14. The summed E-state index contributed by atoms with van der Waals surface area (Å²) in [5, 5.41) is 16.1. The second-order valence-electron chi connectivity index (χ2n) is 11.4. The number of benzene rings is 3. The number of carbonyl (C=O) groups is 3. The second kappa shape index (κ2) is 11.5. The molecule has 2 aliphatic rings. The number of phenols is 1. The van der Waals surface area contributed by atoms with Crippen molar-refractivity contribution < 1.29 is 24.2 Å². The van der Waals surface area contributed by atoms with E-state index in [1.165, 1.54) is 7.11 Å². The Bertz CT molecular complexity index is 1490. The van der Waals surface area contributed by atoms with Crippen LogP contribution in [0.4, 0.5) is 11.4 Å². The summed E-state index contributed by atoms with van der Waals surface area (Å²) < 4.78 is 4.87. The largest absolute Gasteiger partial charge is 0.508 e. The van der Waals surface area contributed by atoms with Gasteiger partial charge in [-0.2, -0.15) is 0 Å². The van der Waals surface area contributed by atoms with E-state index >= 15 is 0 Å². The fourth-order valence-electron chi connectivity index (χ4n) is 5.71. The van der Waals surface area contributed by atoms with Crippen molar-refractivity contribution in [3.8, 4) is 5.75 Å². The van der Waals surface area contributed by atoms with Crippen molar-refractivity contribution in [3.63, 3.8) is 0 Å². The predicted molar refractivity (Wildman–Crippen MR) is 158 cm³/mol. The summed E-state index contributed by atoms with van der Waals surface area (Å²) in [6.07, 6.45) is 1.70. The monoisotopic (exact) mass is 553 g/mol. The van der Waals surface area contributed by atoms with E-state index in [1.54, 1.807) is 24.3 Å². The standard InChI is InChI=1S/C33H35N3O5/c1-33(2)18-26-30(28(38)19-33)31(22-10-12-23(13-11-22)32(40)41-3)36(27-7-5-4-6-25(27)35-26)20-29(39)34-17-16-21-8-14-24(37)15-9-21/h4-15,31,35,37H,16-20H2,1-3H3,(H,34,39). The minimum atomic E-state index is -0.542. The van der Waals surface area contributed by atoms with E-state index in [0.29, 0.717) is 36.9 Å². The average Bonchev–Trinajstić information content (AvgIpc) is 3.07. The van der Waals surface area contributed by atoms with Crippen molar-refractivity contribution >= 4 is 29.0 Å². The molecule has 0 spiro atoms. The minimum absolute atomic E-state index is 0.0190. The maximum atomic E-state index is 13.8. The highest BCUT2D eigenvalue weighted by atomic mass is 16.5. The first-order chi connectivity index (χ1) is 19.6. The van der Waals surface area contributed by atoms with Gasteiger partial charge in [0.15, 0.2) is 5.78 Å². The van der Waals surface area contributed by atoms with Gasteiger partial charge in [0, 0.05) is 24.2 Å². The van der Waals surface area contributed by atoms with Crippen LogP contribution in [0.2, 0.25) is 0 Å². The maximum absolute atomic E-state index is 13.8. The van der Waals surface area contributed by atoms with Crippen molar-refractivity contribution in [3.05, 3.63) is 101 Å². The number of carbonyl (C=O) groups excluding carboxylic acids is 3. The van der Waals surface area contributed by atoms with E-state index in [0.717, 1.165) is 28.2 Å². The predicted octanol–water partition coefficient (Wildman–Crippen LogP) is 5.15. The van der Waals surface area contributed by atoms with Crippen LogP contribution in [-0.4, -0.2) is 43.0 Å². The Labute approximate surface area is 240 Å². The van der Waals surface area contributed by atoms with Crippen LogP contribution >= 0.6 is 0 Å².